The minimum Gasteiger partial charge on any atom is -0.292 e. The van der Waals surface area contributed by atoms with Gasteiger partial charge in [-0.25, -0.2) is 4.39 Å². The highest BCUT2D eigenvalue weighted by molar-refractivity contribution is 7.20. The van der Waals surface area contributed by atoms with E-state index in [2.05, 4.69) is 0 Å². The number of rotatable bonds is 3. The second kappa shape index (κ2) is 4.64. The summed E-state index contributed by atoms with van der Waals surface area (Å²) >= 11 is 1.24. The van der Waals surface area contributed by atoms with Crippen LogP contribution in [0.25, 0.3) is 10.1 Å². The van der Waals surface area contributed by atoms with Crippen molar-refractivity contribution in [1.82, 2.24) is 0 Å². The summed E-state index contributed by atoms with van der Waals surface area (Å²) in [5.41, 5.74) is 0. The highest BCUT2D eigenvalue weighted by atomic mass is 32.1. The fraction of sp³-hybridized carbons (Fsp3) is 0.231. The van der Waals surface area contributed by atoms with Gasteiger partial charge in [0, 0.05) is 4.70 Å². The molecule has 4 heteroatoms. The summed E-state index contributed by atoms with van der Waals surface area (Å²) in [7, 11) is 0. The Morgan fingerprint density at radius 2 is 2.29 bits per heavy atom. The van der Waals surface area contributed by atoms with Crippen LogP contribution in [0.15, 0.2) is 24.3 Å². The lowest BCUT2D eigenvalue weighted by Crippen LogP contribution is -2.09. The van der Waals surface area contributed by atoms with Crippen LogP contribution in [-0.4, -0.2) is 5.78 Å². The lowest BCUT2D eigenvalue weighted by molar-refractivity contribution is 0.0951. The molecule has 0 saturated heterocycles. The monoisotopic (exact) mass is 247 g/mol. The SMILES string of the molecule is CCC(C#N)C(=O)c1cc2ccc(F)cc2s1. The van der Waals surface area contributed by atoms with E-state index in [4.69, 9.17) is 5.26 Å². The fourth-order valence-electron chi connectivity index (χ4n) is 1.63. The molecule has 0 aliphatic carbocycles. The molecule has 86 valence electrons. The van der Waals surface area contributed by atoms with E-state index in [0.29, 0.717) is 11.3 Å². The summed E-state index contributed by atoms with van der Waals surface area (Å²) < 4.78 is 13.7. The molecule has 1 aromatic carbocycles. The standard InChI is InChI=1S/C13H10FNOS/c1-2-8(7-15)13(16)12-5-9-3-4-10(14)6-11(9)17-12/h3-6,8H,2H2,1H3. The van der Waals surface area contributed by atoms with Gasteiger partial charge in [-0.2, -0.15) is 5.26 Å². The number of hydrogen-bond donors (Lipinski definition) is 0. The smallest absolute Gasteiger partial charge is 0.189 e. The molecule has 2 nitrogen and oxygen atoms in total. The molecular formula is C13H10FNOS. The van der Waals surface area contributed by atoms with Crippen LogP contribution in [0.1, 0.15) is 23.0 Å². The molecule has 1 atom stereocenters. The zero-order chi connectivity index (χ0) is 12.4. The van der Waals surface area contributed by atoms with Crippen molar-refractivity contribution in [1.29, 1.82) is 5.26 Å². The van der Waals surface area contributed by atoms with Gasteiger partial charge in [0.2, 0.25) is 0 Å². The molecule has 1 heterocycles. The Morgan fingerprint density at radius 1 is 1.53 bits per heavy atom. The van der Waals surface area contributed by atoms with Crippen LogP contribution in [0.2, 0.25) is 0 Å². The number of carbonyl (C=O) groups excluding carboxylic acids is 1. The second-order valence-corrected chi connectivity index (χ2v) is 4.83. The molecule has 0 saturated carbocycles. The Hall–Kier alpha value is -1.73. The lowest BCUT2D eigenvalue weighted by atomic mass is 10.0. The third-order valence-corrected chi connectivity index (χ3v) is 3.72. The van der Waals surface area contributed by atoms with Crippen molar-refractivity contribution >= 4 is 27.2 Å². The predicted octanol–water partition coefficient (Wildman–Crippen LogP) is 3.77. The zero-order valence-electron chi connectivity index (χ0n) is 9.24. The quantitative estimate of drug-likeness (QED) is 0.774. The van der Waals surface area contributed by atoms with Crippen molar-refractivity contribution in [3.63, 3.8) is 0 Å². The maximum absolute atomic E-state index is 13.0. The second-order valence-electron chi connectivity index (χ2n) is 3.75. The Bertz CT molecular complexity index is 611. The van der Waals surface area contributed by atoms with Crippen molar-refractivity contribution in [3.8, 4) is 6.07 Å². The Kier molecular flexibility index (Phi) is 3.21. The number of nitriles is 1. The van der Waals surface area contributed by atoms with Crippen LogP contribution in [0.5, 0.6) is 0 Å². The van der Waals surface area contributed by atoms with E-state index in [1.807, 2.05) is 6.07 Å². The van der Waals surface area contributed by atoms with Gasteiger partial charge < -0.3 is 0 Å². The number of halogens is 1. The van der Waals surface area contributed by atoms with Crippen LogP contribution in [-0.2, 0) is 0 Å². The van der Waals surface area contributed by atoms with Gasteiger partial charge in [0.15, 0.2) is 5.78 Å². The average Bonchev–Trinajstić information content (AvgIpc) is 2.73. The van der Waals surface area contributed by atoms with E-state index in [1.54, 1.807) is 19.1 Å². The zero-order valence-corrected chi connectivity index (χ0v) is 10.1. The number of carbonyl (C=O) groups is 1. The number of thiophene rings is 1. The molecule has 2 aromatic rings. The molecule has 1 aromatic heterocycles. The minimum absolute atomic E-state index is 0.170. The van der Waals surface area contributed by atoms with Crippen molar-refractivity contribution in [2.75, 3.05) is 0 Å². The van der Waals surface area contributed by atoms with Crippen LogP contribution in [0.4, 0.5) is 4.39 Å². The topological polar surface area (TPSA) is 40.9 Å². The summed E-state index contributed by atoms with van der Waals surface area (Å²) in [6.07, 6.45) is 0.498. The molecule has 0 fully saturated rings. The largest absolute Gasteiger partial charge is 0.292 e. The van der Waals surface area contributed by atoms with Crippen LogP contribution < -0.4 is 0 Å². The molecule has 0 aliphatic rings. The lowest BCUT2D eigenvalue weighted by Gasteiger charge is -2.00. The van der Waals surface area contributed by atoms with Gasteiger partial charge in [0.1, 0.15) is 11.7 Å². The number of nitrogens with zero attached hydrogens (tertiary/aromatic N) is 1. The van der Waals surface area contributed by atoms with Crippen molar-refractivity contribution in [2.24, 2.45) is 5.92 Å². The molecule has 0 aliphatic heterocycles. The first-order valence-electron chi connectivity index (χ1n) is 5.28. The normalized spacial score (nSPS) is 12.3. The molecule has 17 heavy (non-hydrogen) atoms. The van der Waals surface area contributed by atoms with E-state index in [-0.39, 0.29) is 11.6 Å². The first kappa shape index (κ1) is 11.7. The number of benzene rings is 1. The summed E-state index contributed by atoms with van der Waals surface area (Å²) in [5.74, 6) is -1.09. The van der Waals surface area contributed by atoms with Crippen molar-refractivity contribution < 1.29 is 9.18 Å². The molecule has 0 radical (unpaired) electrons. The minimum atomic E-state index is -0.604. The van der Waals surface area contributed by atoms with E-state index in [9.17, 15) is 9.18 Å². The molecule has 2 rings (SSSR count). The van der Waals surface area contributed by atoms with Crippen molar-refractivity contribution in [2.45, 2.75) is 13.3 Å². The maximum atomic E-state index is 13.0. The van der Waals surface area contributed by atoms with E-state index in [0.717, 1.165) is 10.1 Å². The maximum Gasteiger partial charge on any atom is 0.189 e. The Balaban J connectivity index is 2.43. The van der Waals surface area contributed by atoms with Gasteiger partial charge in [-0.15, -0.1) is 11.3 Å². The third kappa shape index (κ3) is 2.20. The van der Waals surface area contributed by atoms with E-state index < -0.39 is 5.92 Å². The molecule has 0 amide bonds. The summed E-state index contributed by atoms with van der Waals surface area (Å²) in [4.78, 5) is 12.5. The number of fused-ring (bicyclic) bond motifs is 1. The van der Waals surface area contributed by atoms with Crippen LogP contribution in [0, 0.1) is 23.1 Å². The van der Waals surface area contributed by atoms with Gasteiger partial charge in [0.05, 0.1) is 10.9 Å². The number of Topliss-reactive ketones (excluding diaryl/α,β-unsaturated/α-hetero) is 1. The summed E-state index contributed by atoms with van der Waals surface area (Å²) in [6.45, 7) is 1.80. The number of hydrogen-bond acceptors (Lipinski definition) is 3. The highest BCUT2D eigenvalue weighted by Crippen LogP contribution is 2.28. The van der Waals surface area contributed by atoms with Gasteiger partial charge in [-0.1, -0.05) is 13.0 Å². The van der Waals surface area contributed by atoms with Gasteiger partial charge in [-0.3, -0.25) is 4.79 Å². The van der Waals surface area contributed by atoms with Crippen LogP contribution >= 0.6 is 11.3 Å². The highest BCUT2D eigenvalue weighted by Gasteiger charge is 2.19. The predicted molar refractivity (Wildman–Crippen MR) is 65.5 cm³/mol. The first-order chi connectivity index (χ1) is 8.15. The first-order valence-corrected chi connectivity index (χ1v) is 6.10. The summed E-state index contributed by atoms with van der Waals surface area (Å²) in [5, 5.41) is 9.69. The molecule has 0 bridgehead atoms. The Morgan fingerprint density at radius 3 is 2.94 bits per heavy atom. The molecule has 0 spiro atoms. The van der Waals surface area contributed by atoms with Gasteiger partial charge in [0.25, 0.3) is 0 Å². The fourth-order valence-corrected chi connectivity index (χ4v) is 2.72. The molecule has 0 N–H and O–H groups in total. The molecular weight excluding hydrogens is 237 g/mol. The van der Waals surface area contributed by atoms with E-state index in [1.165, 1.54) is 23.5 Å². The van der Waals surface area contributed by atoms with Gasteiger partial charge in [-0.05, 0) is 30.0 Å². The Labute approximate surface area is 102 Å². The average molecular weight is 247 g/mol. The summed E-state index contributed by atoms with van der Waals surface area (Å²) in [6, 6.07) is 8.13. The molecule has 1 unspecified atom stereocenters. The van der Waals surface area contributed by atoms with E-state index >= 15 is 0 Å². The van der Waals surface area contributed by atoms with Gasteiger partial charge >= 0.3 is 0 Å². The third-order valence-electron chi connectivity index (χ3n) is 2.61. The van der Waals surface area contributed by atoms with Crippen molar-refractivity contribution in [3.05, 3.63) is 35.0 Å². The van der Waals surface area contributed by atoms with Crippen LogP contribution in [0.3, 0.4) is 0 Å². The number of ketones is 1.